The van der Waals surface area contributed by atoms with Crippen LogP contribution in [0.4, 0.5) is 0 Å². The molecule has 0 aliphatic carbocycles. The molecule has 0 aliphatic heterocycles. The first kappa shape index (κ1) is 24.3. The Hall–Kier alpha value is -3.36. The highest BCUT2D eigenvalue weighted by atomic mass is 16.5. The van der Waals surface area contributed by atoms with Gasteiger partial charge in [0, 0.05) is 23.5 Å². The lowest BCUT2D eigenvalue weighted by Crippen LogP contribution is -2.39. The number of carbonyl (C=O) groups excluding carboxylic acids is 1. The number of aliphatic hydroxyl groups is 1. The molecule has 3 aromatic rings. The third kappa shape index (κ3) is 5.35. The predicted octanol–water partition coefficient (Wildman–Crippen LogP) is 3.57. The molecule has 0 bridgehead atoms. The van der Waals surface area contributed by atoms with E-state index in [1.165, 1.54) is 26.4 Å². The molecule has 0 aliphatic rings. The van der Waals surface area contributed by atoms with Gasteiger partial charge in [-0.15, -0.1) is 0 Å². The molecule has 1 aromatic heterocycles. The highest BCUT2D eigenvalue weighted by molar-refractivity contribution is 5.95. The fourth-order valence-corrected chi connectivity index (χ4v) is 3.79. The first-order valence-corrected chi connectivity index (χ1v) is 10.8. The average molecular weight is 455 g/mol. The van der Waals surface area contributed by atoms with Crippen molar-refractivity contribution >= 4 is 16.9 Å². The van der Waals surface area contributed by atoms with Gasteiger partial charge < -0.3 is 29.6 Å². The Balaban J connectivity index is 2.00. The number of fused-ring (bicyclic) bond motifs is 1. The number of carbonyl (C=O) groups is 1. The Kier molecular flexibility index (Phi) is 7.73. The summed E-state index contributed by atoms with van der Waals surface area (Å²) in [6.45, 7) is 6.02. The first-order valence-electron chi connectivity index (χ1n) is 10.8. The van der Waals surface area contributed by atoms with Gasteiger partial charge in [0.15, 0.2) is 17.2 Å². The van der Waals surface area contributed by atoms with Crippen molar-refractivity contribution in [2.45, 2.75) is 45.4 Å². The van der Waals surface area contributed by atoms with E-state index >= 15 is 0 Å². The number of benzene rings is 2. The van der Waals surface area contributed by atoms with Crippen LogP contribution in [-0.2, 0) is 0 Å². The number of pyridine rings is 1. The molecular weight excluding hydrogens is 424 g/mol. The Bertz CT molecular complexity index is 1190. The molecule has 8 nitrogen and oxygen atoms in total. The molecular formula is C25H30N2O6. The summed E-state index contributed by atoms with van der Waals surface area (Å²) in [7, 11) is 2.99. The van der Waals surface area contributed by atoms with Crippen molar-refractivity contribution in [1.29, 1.82) is 0 Å². The number of nitrogens with one attached hydrogen (secondary N) is 2. The second-order valence-electron chi connectivity index (χ2n) is 8.00. The zero-order valence-electron chi connectivity index (χ0n) is 19.5. The van der Waals surface area contributed by atoms with Gasteiger partial charge in [-0.2, -0.15) is 0 Å². The molecule has 176 valence electrons. The summed E-state index contributed by atoms with van der Waals surface area (Å²) in [5.41, 5.74) is 0.889. The van der Waals surface area contributed by atoms with E-state index < -0.39 is 12.1 Å². The second-order valence-corrected chi connectivity index (χ2v) is 8.00. The van der Waals surface area contributed by atoms with Gasteiger partial charge in [0.1, 0.15) is 0 Å². The van der Waals surface area contributed by atoms with Gasteiger partial charge >= 0.3 is 5.97 Å². The Labute approximate surface area is 192 Å². The van der Waals surface area contributed by atoms with Crippen LogP contribution in [-0.4, -0.2) is 42.4 Å². The number of hydrogen-bond donors (Lipinski definition) is 3. The molecule has 2 aromatic carbocycles. The molecule has 0 radical (unpaired) electrons. The summed E-state index contributed by atoms with van der Waals surface area (Å²) >= 11 is 0. The van der Waals surface area contributed by atoms with E-state index in [1.54, 1.807) is 30.3 Å². The molecule has 2 unspecified atom stereocenters. The molecule has 33 heavy (non-hydrogen) atoms. The number of rotatable bonds is 9. The summed E-state index contributed by atoms with van der Waals surface area (Å²) < 4.78 is 16.1. The Morgan fingerprint density at radius 2 is 1.73 bits per heavy atom. The first-order chi connectivity index (χ1) is 15.8. The number of H-pyrrole nitrogens is 1. The number of esters is 1. The maximum atomic E-state index is 12.8. The third-order valence-electron chi connectivity index (χ3n) is 5.40. The van der Waals surface area contributed by atoms with Gasteiger partial charge in [-0.1, -0.05) is 26.8 Å². The number of methoxy groups -OCH3 is 2. The molecule has 3 rings (SSSR count). The minimum absolute atomic E-state index is 0.180. The van der Waals surface area contributed by atoms with Crippen LogP contribution in [0.25, 0.3) is 10.9 Å². The second kappa shape index (κ2) is 10.5. The maximum Gasteiger partial charge on any atom is 0.343 e. The van der Waals surface area contributed by atoms with E-state index in [1.807, 2.05) is 20.8 Å². The van der Waals surface area contributed by atoms with Crippen LogP contribution < -0.4 is 25.1 Å². The van der Waals surface area contributed by atoms with Crippen LogP contribution in [0.5, 0.6) is 17.2 Å². The number of aromatic nitrogens is 1. The SMILES string of the molecule is CCC(NC(C)C)C(O)c1ccc(OC(=O)c2ccc(OC)c(OC)c2)c2[nH]c(=O)ccc12. The zero-order valence-corrected chi connectivity index (χ0v) is 19.5. The highest BCUT2D eigenvalue weighted by Gasteiger charge is 2.24. The molecule has 1 heterocycles. The van der Waals surface area contributed by atoms with Crippen LogP contribution in [0.3, 0.4) is 0 Å². The van der Waals surface area contributed by atoms with E-state index in [0.717, 1.165) is 0 Å². The number of aliphatic hydroxyl groups excluding tert-OH is 1. The largest absolute Gasteiger partial charge is 0.493 e. The van der Waals surface area contributed by atoms with Crippen molar-refractivity contribution < 1.29 is 24.1 Å². The molecule has 0 saturated carbocycles. The average Bonchev–Trinajstić information content (AvgIpc) is 2.81. The zero-order chi connectivity index (χ0) is 24.1. The van der Waals surface area contributed by atoms with Crippen LogP contribution in [0.2, 0.25) is 0 Å². The van der Waals surface area contributed by atoms with Crippen molar-refractivity contribution in [3.05, 3.63) is 63.9 Å². The van der Waals surface area contributed by atoms with Gasteiger partial charge in [0.2, 0.25) is 5.56 Å². The molecule has 8 heteroatoms. The summed E-state index contributed by atoms with van der Waals surface area (Å²) in [6.07, 6.45) is -0.110. The van der Waals surface area contributed by atoms with Crippen LogP contribution in [0.15, 0.2) is 47.3 Å². The third-order valence-corrected chi connectivity index (χ3v) is 5.40. The van der Waals surface area contributed by atoms with Crippen LogP contribution in [0, 0.1) is 0 Å². The lowest BCUT2D eigenvalue weighted by molar-refractivity contribution is 0.0736. The lowest BCUT2D eigenvalue weighted by Gasteiger charge is -2.26. The monoisotopic (exact) mass is 454 g/mol. The van der Waals surface area contributed by atoms with Crippen molar-refractivity contribution in [1.82, 2.24) is 10.3 Å². The molecule has 2 atom stereocenters. The summed E-state index contributed by atoms with van der Waals surface area (Å²) in [4.78, 5) is 27.6. The predicted molar refractivity (Wildman–Crippen MR) is 126 cm³/mol. The highest BCUT2D eigenvalue weighted by Crippen LogP contribution is 2.33. The normalized spacial score (nSPS) is 13.1. The molecule has 0 spiro atoms. The standard InChI is InChI=1S/C25H30N2O6/c1-6-18(26-14(2)3)24(29)17-8-11-20(23-16(17)9-12-22(28)27-23)33-25(30)15-7-10-19(31-4)21(13-15)32-5/h7-14,18,24,26,29H,6H2,1-5H3,(H,27,28). The summed E-state index contributed by atoms with van der Waals surface area (Å²) in [5.74, 6) is 0.445. The quantitative estimate of drug-likeness (QED) is 0.335. The summed E-state index contributed by atoms with van der Waals surface area (Å²) in [5, 5.41) is 15.0. The minimum atomic E-state index is -0.818. The molecule has 0 amide bonds. The molecule has 0 saturated heterocycles. The van der Waals surface area contributed by atoms with Crippen LogP contribution >= 0.6 is 0 Å². The number of hydrogen-bond acceptors (Lipinski definition) is 7. The smallest absolute Gasteiger partial charge is 0.343 e. The van der Waals surface area contributed by atoms with Crippen molar-refractivity contribution in [3.8, 4) is 17.2 Å². The fraction of sp³-hybridized carbons (Fsp3) is 0.360. The van der Waals surface area contributed by atoms with Crippen molar-refractivity contribution in [2.24, 2.45) is 0 Å². The van der Waals surface area contributed by atoms with Crippen LogP contribution in [0.1, 0.15) is 49.2 Å². The van der Waals surface area contributed by atoms with Gasteiger partial charge in [-0.05, 0) is 42.3 Å². The van der Waals surface area contributed by atoms with Crippen molar-refractivity contribution in [3.63, 3.8) is 0 Å². The Morgan fingerprint density at radius 1 is 1.03 bits per heavy atom. The van der Waals surface area contributed by atoms with E-state index in [9.17, 15) is 14.7 Å². The van der Waals surface area contributed by atoms with E-state index in [0.29, 0.717) is 34.4 Å². The molecule has 0 fully saturated rings. The van der Waals surface area contributed by atoms with E-state index in [2.05, 4.69) is 10.3 Å². The molecule has 3 N–H and O–H groups in total. The fourth-order valence-electron chi connectivity index (χ4n) is 3.79. The minimum Gasteiger partial charge on any atom is -0.493 e. The lowest BCUT2D eigenvalue weighted by atomic mass is 9.95. The van der Waals surface area contributed by atoms with Gasteiger partial charge in [-0.3, -0.25) is 4.79 Å². The van der Waals surface area contributed by atoms with Crippen molar-refractivity contribution in [2.75, 3.05) is 14.2 Å². The topological polar surface area (TPSA) is 110 Å². The van der Waals surface area contributed by atoms with E-state index in [4.69, 9.17) is 14.2 Å². The maximum absolute atomic E-state index is 12.8. The van der Waals surface area contributed by atoms with Gasteiger partial charge in [-0.25, -0.2) is 4.79 Å². The van der Waals surface area contributed by atoms with Gasteiger partial charge in [0.05, 0.1) is 31.4 Å². The Morgan fingerprint density at radius 3 is 2.36 bits per heavy atom. The number of ether oxygens (including phenoxy) is 3. The summed E-state index contributed by atoms with van der Waals surface area (Å²) in [6, 6.07) is 11.0. The van der Waals surface area contributed by atoms with Gasteiger partial charge in [0.25, 0.3) is 0 Å². The van der Waals surface area contributed by atoms with E-state index in [-0.39, 0.29) is 29.0 Å². The number of aromatic amines is 1.